The molecule has 0 atom stereocenters. The van der Waals surface area contributed by atoms with Gasteiger partial charge in [0.1, 0.15) is 11.3 Å². The van der Waals surface area contributed by atoms with Crippen molar-refractivity contribution in [3.8, 4) is 5.75 Å². The van der Waals surface area contributed by atoms with Crippen molar-refractivity contribution in [1.82, 2.24) is 0 Å². The molecule has 0 amide bonds. The van der Waals surface area contributed by atoms with E-state index in [4.69, 9.17) is 9.47 Å². The van der Waals surface area contributed by atoms with E-state index in [1.807, 2.05) is 6.92 Å². The molecule has 0 heterocycles. The average Bonchev–Trinajstić information content (AvgIpc) is 2.65. The maximum absolute atomic E-state index is 12.3. The van der Waals surface area contributed by atoms with Crippen LogP contribution in [0.4, 0.5) is 0 Å². The minimum absolute atomic E-state index is 0.0680. The van der Waals surface area contributed by atoms with Gasteiger partial charge in [0.05, 0.1) is 19.8 Å². The summed E-state index contributed by atoms with van der Waals surface area (Å²) in [6.07, 6.45) is 8.56. The minimum atomic E-state index is -0.624. The van der Waals surface area contributed by atoms with Crippen LogP contribution in [0.2, 0.25) is 0 Å². The van der Waals surface area contributed by atoms with Crippen molar-refractivity contribution in [2.24, 2.45) is 0 Å². The quantitative estimate of drug-likeness (QED) is 0.450. The fourth-order valence-electron chi connectivity index (χ4n) is 3.18. The van der Waals surface area contributed by atoms with Gasteiger partial charge in [-0.25, -0.2) is 9.59 Å². The molecule has 1 rings (SSSR count). The standard InChI is InChI=1S/C21H32O5/c1-5-7-8-9-10-11-13-15-14-17(20(23)25-3)16(12-6-2)18(19(15)22)21(24)26-4/h14,22H,5-13H2,1-4H3. The summed E-state index contributed by atoms with van der Waals surface area (Å²) in [5, 5.41) is 10.7. The van der Waals surface area contributed by atoms with E-state index in [1.165, 1.54) is 33.5 Å². The Morgan fingerprint density at radius 3 is 2.08 bits per heavy atom. The molecule has 0 bridgehead atoms. The Morgan fingerprint density at radius 1 is 0.885 bits per heavy atom. The predicted octanol–water partition coefficient (Wildman–Crippen LogP) is 4.82. The highest BCUT2D eigenvalue weighted by Crippen LogP contribution is 2.32. The molecule has 5 nitrogen and oxygen atoms in total. The van der Waals surface area contributed by atoms with Crippen LogP contribution in [0, 0.1) is 0 Å². The third kappa shape index (κ3) is 5.75. The molecule has 0 aliphatic heterocycles. The van der Waals surface area contributed by atoms with Gasteiger partial charge in [-0.2, -0.15) is 0 Å². The topological polar surface area (TPSA) is 72.8 Å². The van der Waals surface area contributed by atoms with Gasteiger partial charge in [0.15, 0.2) is 0 Å². The van der Waals surface area contributed by atoms with Crippen LogP contribution in [-0.2, 0) is 22.3 Å². The summed E-state index contributed by atoms with van der Waals surface area (Å²) in [6, 6.07) is 1.67. The zero-order chi connectivity index (χ0) is 19.5. The zero-order valence-corrected chi connectivity index (χ0v) is 16.5. The molecule has 26 heavy (non-hydrogen) atoms. The van der Waals surface area contributed by atoms with Gasteiger partial charge in [0.2, 0.25) is 0 Å². The van der Waals surface area contributed by atoms with E-state index in [-0.39, 0.29) is 11.3 Å². The minimum Gasteiger partial charge on any atom is -0.507 e. The number of carbonyl (C=O) groups excluding carboxylic acids is 2. The van der Waals surface area contributed by atoms with E-state index in [1.54, 1.807) is 6.07 Å². The van der Waals surface area contributed by atoms with Crippen molar-refractivity contribution in [2.75, 3.05) is 14.2 Å². The van der Waals surface area contributed by atoms with Gasteiger partial charge < -0.3 is 14.6 Å². The molecule has 146 valence electrons. The highest BCUT2D eigenvalue weighted by atomic mass is 16.5. The third-order valence-electron chi connectivity index (χ3n) is 4.58. The number of phenols is 1. The average molecular weight is 364 g/mol. The molecule has 0 saturated heterocycles. The number of phenolic OH excluding ortho intramolecular Hbond substituents is 1. The van der Waals surface area contributed by atoms with Crippen molar-refractivity contribution in [3.05, 3.63) is 28.3 Å². The highest BCUT2D eigenvalue weighted by molar-refractivity contribution is 6.00. The summed E-state index contributed by atoms with van der Waals surface area (Å²) in [6.45, 7) is 4.13. The van der Waals surface area contributed by atoms with E-state index in [2.05, 4.69) is 6.92 Å². The molecule has 0 spiro atoms. The lowest BCUT2D eigenvalue weighted by Gasteiger charge is -2.17. The van der Waals surface area contributed by atoms with Gasteiger partial charge in [-0.15, -0.1) is 0 Å². The molecule has 0 saturated carbocycles. The Hall–Kier alpha value is -2.04. The lowest BCUT2D eigenvalue weighted by Crippen LogP contribution is -2.14. The van der Waals surface area contributed by atoms with Crippen molar-refractivity contribution in [1.29, 1.82) is 0 Å². The summed E-state index contributed by atoms with van der Waals surface area (Å²) < 4.78 is 9.73. The van der Waals surface area contributed by atoms with E-state index >= 15 is 0 Å². The van der Waals surface area contributed by atoms with Gasteiger partial charge in [-0.3, -0.25) is 0 Å². The van der Waals surface area contributed by atoms with Gasteiger partial charge in [0, 0.05) is 0 Å². The smallest absolute Gasteiger partial charge is 0.341 e. The maximum Gasteiger partial charge on any atom is 0.341 e. The molecule has 0 fully saturated rings. The zero-order valence-electron chi connectivity index (χ0n) is 16.5. The van der Waals surface area contributed by atoms with Crippen LogP contribution in [-0.4, -0.2) is 31.3 Å². The SMILES string of the molecule is CCCCCCCCc1cc(C(=O)OC)c(CCC)c(C(=O)OC)c1O. The van der Waals surface area contributed by atoms with E-state index < -0.39 is 11.9 Å². The molecular formula is C21H32O5. The van der Waals surface area contributed by atoms with Crippen molar-refractivity contribution < 1.29 is 24.2 Å². The highest BCUT2D eigenvalue weighted by Gasteiger charge is 2.26. The van der Waals surface area contributed by atoms with Gasteiger partial charge in [-0.05, 0) is 36.5 Å². The van der Waals surface area contributed by atoms with Crippen molar-refractivity contribution >= 4 is 11.9 Å². The molecule has 5 heteroatoms. The Labute approximate surface area is 156 Å². The van der Waals surface area contributed by atoms with E-state index in [0.29, 0.717) is 29.5 Å². The fraction of sp³-hybridized carbons (Fsp3) is 0.619. The van der Waals surface area contributed by atoms with Crippen LogP contribution in [0.3, 0.4) is 0 Å². The van der Waals surface area contributed by atoms with Crippen LogP contribution in [0.1, 0.15) is 90.6 Å². The normalized spacial score (nSPS) is 10.6. The Morgan fingerprint density at radius 2 is 1.50 bits per heavy atom. The largest absolute Gasteiger partial charge is 0.507 e. The summed E-state index contributed by atoms with van der Waals surface area (Å²) in [4.78, 5) is 24.5. The first-order chi connectivity index (χ1) is 12.5. The van der Waals surface area contributed by atoms with Gasteiger partial charge in [-0.1, -0.05) is 52.4 Å². The molecule has 1 N–H and O–H groups in total. The summed E-state index contributed by atoms with van der Waals surface area (Å²) in [5.41, 5.74) is 1.53. The number of aryl methyl sites for hydroxylation is 1. The second kappa shape index (κ2) is 11.6. The van der Waals surface area contributed by atoms with E-state index in [9.17, 15) is 14.7 Å². The molecule has 0 aromatic heterocycles. The number of unbranched alkanes of at least 4 members (excludes halogenated alkanes) is 5. The summed E-state index contributed by atoms with van der Waals surface area (Å²) in [7, 11) is 2.59. The summed E-state index contributed by atoms with van der Waals surface area (Å²) in [5.74, 6) is -1.19. The Balaban J connectivity index is 3.17. The van der Waals surface area contributed by atoms with Crippen LogP contribution in [0.15, 0.2) is 6.07 Å². The molecule has 0 aliphatic rings. The molecule has 0 radical (unpaired) electrons. The third-order valence-corrected chi connectivity index (χ3v) is 4.58. The number of hydrogen-bond acceptors (Lipinski definition) is 5. The van der Waals surface area contributed by atoms with Crippen LogP contribution in [0.25, 0.3) is 0 Å². The number of aromatic hydroxyl groups is 1. The van der Waals surface area contributed by atoms with E-state index in [0.717, 1.165) is 25.7 Å². The molecular weight excluding hydrogens is 332 g/mol. The second-order valence-electron chi connectivity index (χ2n) is 6.54. The molecule has 0 unspecified atom stereocenters. The Bertz CT molecular complexity index is 607. The molecule has 1 aromatic carbocycles. The monoisotopic (exact) mass is 364 g/mol. The van der Waals surface area contributed by atoms with Crippen LogP contribution < -0.4 is 0 Å². The first-order valence-corrected chi connectivity index (χ1v) is 9.56. The Kier molecular flexibility index (Phi) is 9.78. The van der Waals surface area contributed by atoms with Gasteiger partial charge >= 0.3 is 11.9 Å². The number of hydrogen-bond donors (Lipinski definition) is 1. The first-order valence-electron chi connectivity index (χ1n) is 9.56. The second-order valence-corrected chi connectivity index (χ2v) is 6.54. The molecule has 1 aromatic rings. The lowest BCUT2D eigenvalue weighted by atomic mass is 9.91. The maximum atomic E-state index is 12.3. The van der Waals surface area contributed by atoms with Crippen LogP contribution >= 0.6 is 0 Å². The van der Waals surface area contributed by atoms with Crippen molar-refractivity contribution in [3.63, 3.8) is 0 Å². The predicted molar refractivity (Wildman–Crippen MR) is 102 cm³/mol. The first kappa shape index (κ1) is 22.0. The summed E-state index contributed by atoms with van der Waals surface area (Å²) >= 11 is 0. The lowest BCUT2D eigenvalue weighted by molar-refractivity contribution is 0.0594. The number of methoxy groups -OCH3 is 2. The fourth-order valence-corrected chi connectivity index (χ4v) is 3.18. The molecule has 0 aliphatic carbocycles. The van der Waals surface area contributed by atoms with Crippen molar-refractivity contribution in [2.45, 2.75) is 71.6 Å². The van der Waals surface area contributed by atoms with Gasteiger partial charge in [0.25, 0.3) is 0 Å². The number of esters is 2. The number of carbonyl (C=O) groups is 2. The van der Waals surface area contributed by atoms with Crippen LogP contribution in [0.5, 0.6) is 5.75 Å². The number of rotatable bonds is 11. The number of ether oxygens (including phenoxy) is 2. The number of benzene rings is 1.